The first-order valence-corrected chi connectivity index (χ1v) is 6.95. The number of thioether (sulfide) groups is 1. The number of hydrogen-bond acceptors (Lipinski definition) is 9. The van der Waals surface area contributed by atoms with Gasteiger partial charge in [0.05, 0.1) is 12.8 Å². The van der Waals surface area contributed by atoms with E-state index in [0.717, 1.165) is 6.20 Å². The predicted octanol–water partition coefficient (Wildman–Crippen LogP) is -0.0712. The number of nitrogens with two attached hydrogens (primary N) is 1. The Balaban J connectivity index is 2.16. The second-order valence-corrected chi connectivity index (χ2v) is 5.69. The fraction of sp³-hybridized carbons (Fsp3) is 0.250. The topological polar surface area (TPSA) is 142 Å². The van der Waals surface area contributed by atoms with Crippen LogP contribution in [-0.2, 0) is 11.8 Å². The zero-order valence-electron chi connectivity index (χ0n) is 10.1. The molecule has 2 aromatic heterocycles. The Hall–Kier alpha value is -2.05. The van der Waals surface area contributed by atoms with Crippen molar-refractivity contribution in [3.05, 3.63) is 16.3 Å². The molecule has 12 heteroatoms. The molecule has 10 nitrogen and oxygen atoms in total. The first-order valence-electron chi connectivity index (χ1n) is 5.15. The van der Waals surface area contributed by atoms with Gasteiger partial charge in [0.15, 0.2) is 4.34 Å². The summed E-state index contributed by atoms with van der Waals surface area (Å²) in [4.78, 5) is 25.2. The van der Waals surface area contributed by atoms with Crippen LogP contribution < -0.4 is 11.3 Å². The Morgan fingerprint density at radius 2 is 2.40 bits per heavy atom. The molecule has 0 aliphatic heterocycles. The Bertz CT molecular complexity index is 652. The van der Waals surface area contributed by atoms with E-state index in [4.69, 9.17) is 5.84 Å². The van der Waals surface area contributed by atoms with Crippen LogP contribution >= 0.6 is 23.1 Å². The van der Waals surface area contributed by atoms with E-state index in [0.29, 0.717) is 15.2 Å². The SMILES string of the molecule is Cn1c([N+](=O)[O-])cnc1-c1nnc(SCC(=O)NN)s1. The van der Waals surface area contributed by atoms with Crippen molar-refractivity contribution in [3.63, 3.8) is 0 Å². The molecule has 0 radical (unpaired) electrons. The molecule has 2 rings (SSSR count). The minimum Gasteiger partial charge on any atom is -0.358 e. The highest BCUT2D eigenvalue weighted by Crippen LogP contribution is 2.29. The fourth-order valence-corrected chi connectivity index (χ4v) is 2.99. The summed E-state index contributed by atoms with van der Waals surface area (Å²) in [5, 5.41) is 19.0. The highest BCUT2D eigenvalue weighted by molar-refractivity contribution is 8.01. The lowest BCUT2D eigenvalue weighted by atomic mass is 10.6. The number of hydrazine groups is 1. The lowest BCUT2D eigenvalue weighted by Crippen LogP contribution is -2.31. The average molecular weight is 315 g/mol. The average Bonchev–Trinajstić information content (AvgIpc) is 3.02. The Labute approximate surface area is 120 Å². The van der Waals surface area contributed by atoms with Crippen molar-refractivity contribution in [1.82, 2.24) is 25.2 Å². The first-order chi connectivity index (χ1) is 9.52. The lowest BCUT2D eigenvalue weighted by Gasteiger charge is -1.95. The van der Waals surface area contributed by atoms with Gasteiger partial charge in [-0.15, -0.1) is 10.2 Å². The third kappa shape index (κ3) is 2.92. The van der Waals surface area contributed by atoms with E-state index >= 15 is 0 Å². The second-order valence-electron chi connectivity index (χ2n) is 3.49. The summed E-state index contributed by atoms with van der Waals surface area (Å²) in [6.45, 7) is 0. The molecule has 0 aromatic carbocycles. The summed E-state index contributed by atoms with van der Waals surface area (Å²) in [5.74, 6) is 4.96. The second kappa shape index (κ2) is 5.94. The van der Waals surface area contributed by atoms with Gasteiger partial charge in [0.25, 0.3) is 5.82 Å². The molecule has 0 saturated heterocycles. The van der Waals surface area contributed by atoms with Crippen molar-refractivity contribution in [2.45, 2.75) is 4.34 Å². The third-order valence-electron chi connectivity index (χ3n) is 2.24. The molecule has 106 valence electrons. The van der Waals surface area contributed by atoms with Gasteiger partial charge in [0.2, 0.25) is 10.9 Å². The van der Waals surface area contributed by atoms with Crippen LogP contribution in [0.4, 0.5) is 5.82 Å². The molecule has 20 heavy (non-hydrogen) atoms. The minimum absolute atomic E-state index is 0.117. The molecule has 2 heterocycles. The number of imidazole rings is 1. The first kappa shape index (κ1) is 14.4. The highest BCUT2D eigenvalue weighted by atomic mass is 32.2. The number of carbonyl (C=O) groups is 1. The van der Waals surface area contributed by atoms with Crippen LogP contribution in [0.3, 0.4) is 0 Å². The molecular formula is C8H9N7O3S2. The monoisotopic (exact) mass is 315 g/mol. The minimum atomic E-state index is -0.529. The molecular weight excluding hydrogens is 306 g/mol. The third-order valence-corrected chi connectivity index (χ3v) is 4.29. The van der Waals surface area contributed by atoms with E-state index in [-0.39, 0.29) is 17.5 Å². The summed E-state index contributed by atoms with van der Waals surface area (Å²) >= 11 is 2.36. The largest absolute Gasteiger partial charge is 0.358 e. The molecule has 0 bridgehead atoms. The number of carbonyl (C=O) groups excluding carboxylic acids is 1. The summed E-state index contributed by atoms with van der Waals surface area (Å²) < 4.78 is 1.87. The number of aromatic nitrogens is 4. The number of nitro groups is 1. The van der Waals surface area contributed by atoms with Crippen LogP contribution in [0, 0.1) is 10.1 Å². The van der Waals surface area contributed by atoms with Gasteiger partial charge in [-0.3, -0.25) is 10.2 Å². The quantitative estimate of drug-likeness (QED) is 0.257. The lowest BCUT2D eigenvalue weighted by molar-refractivity contribution is -0.391. The summed E-state index contributed by atoms with van der Waals surface area (Å²) in [6, 6.07) is 0. The van der Waals surface area contributed by atoms with Gasteiger partial charge in [-0.05, 0) is 4.92 Å². The van der Waals surface area contributed by atoms with Crippen molar-refractivity contribution in [2.24, 2.45) is 12.9 Å². The van der Waals surface area contributed by atoms with E-state index < -0.39 is 4.92 Å². The maximum atomic E-state index is 11.0. The van der Waals surface area contributed by atoms with Crippen LogP contribution in [0.2, 0.25) is 0 Å². The molecule has 0 aliphatic carbocycles. The van der Waals surface area contributed by atoms with Crippen LogP contribution in [0.15, 0.2) is 10.5 Å². The van der Waals surface area contributed by atoms with Gasteiger partial charge < -0.3 is 10.1 Å². The summed E-state index contributed by atoms with van der Waals surface area (Å²) in [6.07, 6.45) is 1.16. The molecule has 0 saturated carbocycles. The highest BCUT2D eigenvalue weighted by Gasteiger charge is 2.21. The van der Waals surface area contributed by atoms with Crippen molar-refractivity contribution in [2.75, 3.05) is 5.75 Å². The molecule has 0 fully saturated rings. The van der Waals surface area contributed by atoms with Gasteiger partial charge in [-0.25, -0.2) is 15.4 Å². The molecule has 2 aromatic rings. The smallest absolute Gasteiger partial charge is 0.342 e. The number of hydrogen-bond donors (Lipinski definition) is 2. The van der Waals surface area contributed by atoms with E-state index in [1.54, 1.807) is 0 Å². The molecule has 0 aliphatic rings. The van der Waals surface area contributed by atoms with Crippen LogP contribution in [0.1, 0.15) is 0 Å². The molecule has 0 atom stereocenters. The van der Waals surface area contributed by atoms with Gasteiger partial charge in [0, 0.05) is 0 Å². The van der Waals surface area contributed by atoms with Gasteiger partial charge in [-0.2, -0.15) is 0 Å². The summed E-state index contributed by atoms with van der Waals surface area (Å²) in [7, 11) is 1.52. The number of rotatable bonds is 5. The number of nitrogens with zero attached hydrogens (tertiary/aromatic N) is 5. The van der Waals surface area contributed by atoms with Crippen LogP contribution in [0.25, 0.3) is 10.8 Å². The van der Waals surface area contributed by atoms with Gasteiger partial charge in [-0.1, -0.05) is 23.1 Å². The van der Waals surface area contributed by atoms with E-state index in [9.17, 15) is 14.9 Å². The van der Waals surface area contributed by atoms with Gasteiger partial charge >= 0.3 is 5.82 Å². The molecule has 0 spiro atoms. The number of nitrogens with one attached hydrogen (secondary N) is 1. The van der Waals surface area contributed by atoms with Gasteiger partial charge in [0.1, 0.15) is 6.20 Å². The Morgan fingerprint density at radius 1 is 1.65 bits per heavy atom. The van der Waals surface area contributed by atoms with E-state index in [2.05, 4.69) is 15.2 Å². The summed E-state index contributed by atoms with van der Waals surface area (Å²) in [5.41, 5.74) is 2.00. The fourth-order valence-electron chi connectivity index (χ4n) is 1.30. The van der Waals surface area contributed by atoms with Crippen LogP contribution in [-0.4, -0.2) is 36.3 Å². The zero-order valence-corrected chi connectivity index (χ0v) is 11.8. The Morgan fingerprint density at radius 3 is 3.00 bits per heavy atom. The Kier molecular flexibility index (Phi) is 4.26. The van der Waals surface area contributed by atoms with Crippen molar-refractivity contribution >= 4 is 34.8 Å². The molecule has 1 amide bonds. The maximum absolute atomic E-state index is 11.0. The van der Waals surface area contributed by atoms with Crippen molar-refractivity contribution < 1.29 is 9.72 Å². The number of amides is 1. The van der Waals surface area contributed by atoms with Crippen molar-refractivity contribution in [3.8, 4) is 10.8 Å². The maximum Gasteiger partial charge on any atom is 0.342 e. The van der Waals surface area contributed by atoms with E-state index in [1.165, 1.54) is 34.7 Å². The van der Waals surface area contributed by atoms with E-state index in [1.807, 2.05) is 5.43 Å². The normalized spacial score (nSPS) is 10.5. The van der Waals surface area contributed by atoms with Crippen LogP contribution in [0.5, 0.6) is 0 Å². The molecule has 0 unspecified atom stereocenters. The standard InChI is InChI=1S/C8H9N7O3S2/c1-14-5(15(17)18)2-10-6(14)7-12-13-8(20-7)19-3-4(16)11-9/h2H,3,9H2,1H3,(H,11,16). The zero-order chi connectivity index (χ0) is 14.7. The van der Waals surface area contributed by atoms with Crippen molar-refractivity contribution in [1.29, 1.82) is 0 Å². The molecule has 3 N–H and O–H groups in total. The predicted molar refractivity (Wildman–Crippen MR) is 71.8 cm³/mol.